The van der Waals surface area contributed by atoms with Gasteiger partial charge in [0.15, 0.2) is 6.20 Å². The molecule has 5 rings (SSSR count). The van der Waals surface area contributed by atoms with Crippen LogP contribution in [0.4, 0.5) is 0 Å². The van der Waals surface area contributed by atoms with Crippen molar-refractivity contribution < 1.29 is 4.57 Å². The van der Waals surface area contributed by atoms with Crippen molar-refractivity contribution in [2.75, 3.05) is 0 Å². The first-order valence-corrected chi connectivity index (χ1v) is 8.13. The number of aromatic nitrogens is 4. The molecule has 3 aromatic heterocycles. The predicted octanol–water partition coefficient (Wildman–Crippen LogP) is 3.12. The summed E-state index contributed by atoms with van der Waals surface area (Å²) >= 11 is 0. The van der Waals surface area contributed by atoms with Gasteiger partial charge in [-0.25, -0.2) is 9.55 Å². The third-order valence-electron chi connectivity index (χ3n) is 4.91. The smallest absolute Gasteiger partial charge is 0.212 e. The zero-order valence-corrected chi connectivity index (χ0v) is 13.7. The molecular weight excluding hydrogens is 296 g/mol. The SMILES string of the molecule is Cc1ccc2c(c1-c1cccc[n+]1C)Cc1nc3ccncc3n1-2. The molecule has 0 fully saturated rings. The Morgan fingerprint density at radius 3 is 2.92 bits per heavy atom. The van der Waals surface area contributed by atoms with Crippen LogP contribution in [0.5, 0.6) is 0 Å². The lowest BCUT2D eigenvalue weighted by molar-refractivity contribution is -0.660. The van der Waals surface area contributed by atoms with Gasteiger partial charge in [-0.2, -0.15) is 0 Å². The highest BCUT2D eigenvalue weighted by molar-refractivity contribution is 5.82. The first kappa shape index (κ1) is 13.4. The molecule has 0 saturated heterocycles. The number of hydrogen-bond donors (Lipinski definition) is 0. The van der Waals surface area contributed by atoms with Gasteiger partial charge < -0.3 is 0 Å². The summed E-state index contributed by atoms with van der Waals surface area (Å²) in [5, 5.41) is 0. The quantitative estimate of drug-likeness (QED) is 0.446. The van der Waals surface area contributed by atoms with Crippen LogP contribution in [0.15, 0.2) is 55.0 Å². The largest absolute Gasteiger partial charge is 0.294 e. The second-order valence-corrected chi connectivity index (χ2v) is 6.36. The summed E-state index contributed by atoms with van der Waals surface area (Å²) in [6.45, 7) is 2.18. The molecule has 0 saturated carbocycles. The maximum atomic E-state index is 4.81. The van der Waals surface area contributed by atoms with E-state index in [0.29, 0.717) is 0 Å². The highest BCUT2D eigenvalue weighted by atomic mass is 15.1. The molecule has 4 heteroatoms. The second-order valence-electron chi connectivity index (χ2n) is 6.36. The number of imidazole rings is 1. The third kappa shape index (κ3) is 1.71. The molecule has 0 unspecified atom stereocenters. The Labute approximate surface area is 140 Å². The molecule has 116 valence electrons. The monoisotopic (exact) mass is 313 g/mol. The molecule has 1 aliphatic heterocycles. The Bertz CT molecular complexity index is 1110. The van der Waals surface area contributed by atoms with E-state index in [1.54, 1.807) is 6.20 Å². The van der Waals surface area contributed by atoms with E-state index in [0.717, 1.165) is 23.3 Å². The van der Waals surface area contributed by atoms with Crippen LogP contribution < -0.4 is 4.57 Å². The van der Waals surface area contributed by atoms with Crippen LogP contribution in [0.2, 0.25) is 0 Å². The van der Waals surface area contributed by atoms with Crippen molar-refractivity contribution in [3.05, 3.63) is 71.9 Å². The Balaban J connectivity index is 1.83. The summed E-state index contributed by atoms with van der Waals surface area (Å²) in [6, 6.07) is 12.7. The predicted molar refractivity (Wildman–Crippen MR) is 93.0 cm³/mol. The molecule has 0 bridgehead atoms. The maximum absolute atomic E-state index is 4.81. The lowest BCUT2D eigenvalue weighted by Crippen LogP contribution is -2.30. The van der Waals surface area contributed by atoms with Crippen molar-refractivity contribution in [2.45, 2.75) is 13.3 Å². The van der Waals surface area contributed by atoms with Crippen molar-refractivity contribution >= 4 is 11.0 Å². The van der Waals surface area contributed by atoms with Crippen LogP contribution >= 0.6 is 0 Å². The molecule has 0 spiro atoms. The van der Waals surface area contributed by atoms with Gasteiger partial charge in [-0.1, -0.05) is 6.07 Å². The van der Waals surface area contributed by atoms with Crippen LogP contribution in [0, 0.1) is 6.92 Å². The van der Waals surface area contributed by atoms with E-state index < -0.39 is 0 Å². The van der Waals surface area contributed by atoms with Crippen molar-refractivity contribution in [3.63, 3.8) is 0 Å². The van der Waals surface area contributed by atoms with Crippen molar-refractivity contribution in [3.8, 4) is 16.9 Å². The lowest BCUT2D eigenvalue weighted by atomic mass is 9.96. The summed E-state index contributed by atoms with van der Waals surface area (Å²) in [6.07, 6.45) is 6.66. The topological polar surface area (TPSA) is 34.6 Å². The first-order chi connectivity index (χ1) is 11.7. The van der Waals surface area contributed by atoms with Gasteiger partial charge in [0.2, 0.25) is 5.69 Å². The van der Waals surface area contributed by atoms with Gasteiger partial charge in [0.1, 0.15) is 12.9 Å². The molecule has 24 heavy (non-hydrogen) atoms. The van der Waals surface area contributed by atoms with Gasteiger partial charge in [0.25, 0.3) is 0 Å². The van der Waals surface area contributed by atoms with E-state index >= 15 is 0 Å². The van der Waals surface area contributed by atoms with Crippen LogP contribution in [0.25, 0.3) is 28.0 Å². The summed E-state index contributed by atoms with van der Waals surface area (Å²) in [5.74, 6) is 1.10. The third-order valence-corrected chi connectivity index (χ3v) is 4.91. The molecular formula is C20H17N4+. The van der Waals surface area contributed by atoms with Crippen LogP contribution in [-0.2, 0) is 13.5 Å². The number of hydrogen-bond acceptors (Lipinski definition) is 2. The molecule has 0 N–H and O–H groups in total. The minimum Gasteiger partial charge on any atom is -0.294 e. The Morgan fingerprint density at radius 1 is 1.12 bits per heavy atom. The molecule has 0 atom stereocenters. The highest BCUT2D eigenvalue weighted by Gasteiger charge is 2.28. The normalized spacial score (nSPS) is 12.4. The Hall–Kier alpha value is -3.01. The van der Waals surface area contributed by atoms with Crippen molar-refractivity contribution in [1.82, 2.24) is 14.5 Å². The lowest BCUT2D eigenvalue weighted by Gasteiger charge is -2.11. The van der Waals surface area contributed by atoms with Gasteiger partial charge >= 0.3 is 0 Å². The van der Waals surface area contributed by atoms with E-state index in [9.17, 15) is 0 Å². The van der Waals surface area contributed by atoms with Crippen LogP contribution in [-0.4, -0.2) is 14.5 Å². The van der Waals surface area contributed by atoms with Gasteiger partial charge in [-0.3, -0.25) is 9.55 Å². The average Bonchev–Trinajstić information content (AvgIpc) is 3.11. The van der Waals surface area contributed by atoms with Gasteiger partial charge in [-0.05, 0) is 36.2 Å². The minimum atomic E-state index is 0.857. The minimum absolute atomic E-state index is 0.857. The fraction of sp³-hybridized carbons (Fsp3) is 0.150. The van der Waals surface area contributed by atoms with E-state index in [4.69, 9.17) is 4.98 Å². The van der Waals surface area contributed by atoms with Gasteiger partial charge in [-0.15, -0.1) is 0 Å². The Morgan fingerprint density at radius 2 is 2.04 bits per heavy atom. The fourth-order valence-corrected chi connectivity index (χ4v) is 3.80. The summed E-state index contributed by atoms with van der Waals surface area (Å²) in [5.41, 5.74) is 8.52. The van der Waals surface area contributed by atoms with Crippen molar-refractivity contribution in [1.29, 1.82) is 0 Å². The van der Waals surface area contributed by atoms with Crippen LogP contribution in [0.1, 0.15) is 17.0 Å². The molecule has 4 heterocycles. The molecule has 0 radical (unpaired) electrons. The molecule has 0 amide bonds. The molecule has 1 aromatic carbocycles. The first-order valence-electron chi connectivity index (χ1n) is 8.13. The average molecular weight is 313 g/mol. The van der Waals surface area contributed by atoms with Crippen molar-refractivity contribution in [2.24, 2.45) is 7.05 Å². The summed E-state index contributed by atoms with van der Waals surface area (Å²) in [4.78, 5) is 9.09. The number of rotatable bonds is 1. The molecule has 1 aliphatic rings. The van der Waals surface area contributed by atoms with Gasteiger partial charge in [0, 0.05) is 24.8 Å². The number of nitrogens with zero attached hydrogens (tertiary/aromatic N) is 4. The second kappa shape index (κ2) is 4.74. The summed E-state index contributed by atoms with van der Waals surface area (Å²) in [7, 11) is 2.10. The van der Waals surface area contributed by atoms with Crippen LogP contribution in [0.3, 0.4) is 0 Å². The number of fused-ring (bicyclic) bond motifs is 5. The van der Waals surface area contributed by atoms with E-state index in [-0.39, 0.29) is 0 Å². The summed E-state index contributed by atoms with van der Waals surface area (Å²) < 4.78 is 4.44. The molecule has 0 aliphatic carbocycles. The Kier molecular flexibility index (Phi) is 2.65. The number of benzene rings is 1. The zero-order valence-electron chi connectivity index (χ0n) is 13.7. The van der Waals surface area contributed by atoms with E-state index in [1.165, 1.54) is 28.1 Å². The fourth-order valence-electron chi connectivity index (χ4n) is 3.80. The standard InChI is InChI=1S/C20H17N4/c1-13-6-7-16-14(20(13)17-5-3-4-10-23(17)2)11-19-22-15-8-9-21-12-18(15)24(16)19/h3-10,12H,11H2,1-2H3/q+1. The van der Waals surface area contributed by atoms with E-state index in [2.05, 4.69) is 64.6 Å². The molecule has 4 aromatic rings. The number of pyridine rings is 2. The van der Waals surface area contributed by atoms with Gasteiger partial charge in [0.05, 0.1) is 28.5 Å². The highest BCUT2D eigenvalue weighted by Crippen LogP contribution is 2.38. The maximum Gasteiger partial charge on any atom is 0.212 e. The zero-order chi connectivity index (χ0) is 16.3. The number of aryl methyl sites for hydroxylation is 2. The van der Waals surface area contributed by atoms with E-state index in [1.807, 2.05) is 12.3 Å². The molecule has 4 nitrogen and oxygen atoms in total.